The molecule has 3 aliphatic heterocycles. The molecular formula is C45H52N2O. The minimum absolute atomic E-state index is 0.00473. The number of ether oxygens (including phenoxy) is 1. The van der Waals surface area contributed by atoms with Gasteiger partial charge in [-0.1, -0.05) is 121 Å². The van der Waals surface area contributed by atoms with Gasteiger partial charge in [0.05, 0.1) is 23.0 Å². The van der Waals surface area contributed by atoms with Crippen LogP contribution in [0.15, 0.2) is 102 Å². The first-order valence-electron chi connectivity index (χ1n) is 19.0. The molecule has 3 heterocycles. The van der Waals surface area contributed by atoms with E-state index in [9.17, 15) is 0 Å². The third kappa shape index (κ3) is 4.59. The molecule has 0 N–H and O–H groups in total. The maximum absolute atomic E-state index is 7.32. The number of rotatable bonds is 5. The number of hydrogen-bond donors (Lipinski definition) is 0. The van der Waals surface area contributed by atoms with Crippen LogP contribution < -0.4 is 9.80 Å². The van der Waals surface area contributed by atoms with Crippen LogP contribution in [0.4, 0.5) is 17.1 Å². The van der Waals surface area contributed by atoms with Crippen molar-refractivity contribution in [3.05, 3.63) is 113 Å². The quantitative estimate of drug-likeness (QED) is 0.259. The van der Waals surface area contributed by atoms with E-state index in [1.807, 2.05) is 0 Å². The third-order valence-electron chi connectivity index (χ3n) is 12.9. The SMILES string of the molecule is CC(C)c1cc(-c2ccccc2)cc(C(C)C)c1N1c2ccccc2N2CC3(C)C=CC4=C(OC5CC(C6CCCCC6)C=CC45)C3C21. The van der Waals surface area contributed by atoms with E-state index >= 15 is 0 Å². The molecule has 3 nitrogen and oxygen atoms in total. The fourth-order valence-electron chi connectivity index (χ4n) is 10.5. The lowest BCUT2D eigenvalue weighted by Crippen LogP contribution is -2.43. The van der Waals surface area contributed by atoms with Gasteiger partial charge in [-0.2, -0.15) is 0 Å². The highest BCUT2D eigenvalue weighted by Crippen LogP contribution is 2.62. The molecule has 0 amide bonds. The summed E-state index contributed by atoms with van der Waals surface area (Å²) in [6.45, 7) is 13.0. The van der Waals surface area contributed by atoms with Crippen molar-refractivity contribution in [1.29, 1.82) is 0 Å². The molecule has 3 heteroatoms. The molecule has 3 aliphatic carbocycles. The Bertz CT molecular complexity index is 1780. The lowest BCUT2D eigenvalue weighted by atomic mass is 9.69. The van der Waals surface area contributed by atoms with Crippen molar-refractivity contribution in [2.24, 2.45) is 29.1 Å². The standard InChI is InChI=1S/C45H52N2O/c1-28(2)36-24-33(31-16-10-7-11-17-31)25-37(29(3)4)42(36)47-39-19-13-12-18-38(39)46-27-45(5)23-22-35-34-21-20-32(30-14-8-6-9-15-30)26-40(34)48-43(35)41(45)44(46)47/h7,10-13,16-25,28-30,32,34,40-41,44H,6,8-9,14-15,26-27H2,1-5H3. The molecule has 0 bridgehead atoms. The van der Waals surface area contributed by atoms with Crippen molar-refractivity contribution in [2.45, 2.75) is 97.2 Å². The second-order valence-electron chi connectivity index (χ2n) is 16.6. The van der Waals surface area contributed by atoms with Gasteiger partial charge in [-0.15, -0.1) is 0 Å². The Labute approximate surface area is 288 Å². The van der Waals surface area contributed by atoms with E-state index in [0.717, 1.165) is 12.5 Å². The summed E-state index contributed by atoms with van der Waals surface area (Å²) < 4.78 is 7.32. The second kappa shape index (κ2) is 11.4. The van der Waals surface area contributed by atoms with Crippen LogP contribution in [0.1, 0.15) is 96.1 Å². The van der Waals surface area contributed by atoms with Gasteiger partial charge < -0.3 is 14.5 Å². The van der Waals surface area contributed by atoms with Gasteiger partial charge in [0.2, 0.25) is 0 Å². The Morgan fingerprint density at radius 2 is 1.48 bits per heavy atom. The Morgan fingerprint density at radius 3 is 2.19 bits per heavy atom. The number of fused-ring (bicyclic) bond motifs is 8. The van der Waals surface area contributed by atoms with E-state index in [1.54, 1.807) is 0 Å². The van der Waals surface area contributed by atoms with Crippen LogP contribution in [0.3, 0.4) is 0 Å². The van der Waals surface area contributed by atoms with E-state index < -0.39 is 0 Å². The molecule has 3 aromatic rings. The van der Waals surface area contributed by atoms with Gasteiger partial charge in [0.1, 0.15) is 18.0 Å². The molecule has 1 saturated heterocycles. The lowest BCUT2D eigenvalue weighted by molar-refractivity contribution is 0.0585. The second-order valence-corrected chi connectivity index (χ2v) is 16.6. The number of hydrogen-bond acceptors (Lipinski definition) is 3. The Kier molecular flexibility index (Phi) is 7.23. The minimum atomic E-state index is -0.00473. The predicted octanol–water partition coefficient (Wildman–Crippen LogP) is 11.5. The summed E-state index contributed by atoms with van der Waals surface area (Å²) in [7, 11) is 0. The molecule has 6 unspecified atom stereocenters. The highest BCUT2D eigenvalue weighted by Gasteiger charge is 2.61. The van der Waals surface area contributed by atoms with Crippen LogP contribution in [-0.4, -0.2) is 18.8 Å². The van der Waals surface area contributed by atoms with Crippen molar-refractivity contribution >= 4 is 17.1 Å². The van der Waals surface area contributed by atoms with Crippen molar-refractivity contribution in [2.75, 3.05) is 16.3 Å². The van der Waals surface area contributed by atoms with E-state index in [1.165, 1.54) is 89.2 Å². The zero-order chi connectivity index (χ0) is 32.7. The van der Waals surface area contributed by atoms with Gasteiger partial charge in [-0.25, -0.2) is 0 Å². The lowest BCUT2D eigenvalue weighted by Gasteiger charge is -2.40. The molecule has 3 aromatic carbocycles. The van der Waals surface area contributed by atoms with E-state index in [2.05, 4.69) is 135 Å². The number of para-hydroxylation sites is 2. The molecule has 248 valence electrons. The van der Waals surface area contributed by atoms with Crippen LogP contribution in [-0.2, 0) is 4.74 Å². The summed E-state index contributed by atoms with van der Waals surface area (Å²) in [6, 6.07) is 25.1. The summed E-state index contributed by atoms with van der Waals surface area (Å²) in [5.41, 5.74) is 11.0. The highest BCUT2D eigenvalue weighted by molar-refractivity contribution is 5.89. The average Bonchev–Trinajstić information content (AvgIpc) is 3.73. The van der Waals surface area contributed by atoms with E-state index in [0.29, 0.717) is 23.7 Å². The summed E-state index contributed by atoms with van der Waals surface area (Å²) in [6.07, 6.45) is 18.8. The number of benzene rings is 3. The maximum Gasteiger partial charge on any atom is 0.117 e. The smallest absolute Gasteiger partial charge is 0.117 e. The zero-order valence-corrected chi connectivity index (χ0v) is 29.5. The Balaban J connectivity index is 1.16. The van der Waals surface area contributed by atoms with Crippen LogP contribution in [0.2, 0.25) is 0 Å². The largest absolute Gasteiger partial charge is 0.493 e. The van der Waals surface area contributed by atoms with Crippen LogP contribution in [0.5, 0.6) is 0 Å². The van der Waals surface area contributed by atoms with Gasteiger partial charge in [0.15, 0.2) is 0 Å². The molecule has 9 rings (SSSR count). The number of allylic oxidation sites excluding steroid dienone is 2. The summed E-state index contributed by atoms with van der Waals surface area (Å²) in [5.74, 6) is 4.18. The third-order valence-corrected chi connectivity index (χ3v) is 12.9. The minimum Gasteiger partial charge on any atom is -0.493 e. The monoisotopic (exact) mass is 636 g/mol. The van der Waals surface area contributed by atoms with E-state index in [4.69, 9.17) is 4.74 Å². The van der Waals surface area contributed by atoms with Crippen molar-refractivity contribution in [3.8, 4) is 11.1 Å². The van der Waals surface area contributed by atoms with Gasteiger partial charge >= 0.3 is 0 Å². The first-order valence-corrected chi connectivity index (χ1v) is 19.0. The van der Waals surface area contributed by atoms with Gasteiger partial charge in [0.25, 0.3) is 0 Å². The molecule has 2 fully saturated rings. The van der Waals surface area contributed by atoms with Crippen molar-refractivity contribution in [1.82, 2.24) is 0 Å². The average molecular weight is 637 g/mol. The van der Waals surface area contributed by atoms with Crippen molar-refractivity contribution in [3.63, 3.8) is 0 Å². The van der Waals surface area contributed by atoms with Gasteiger partial charge in [-0.3, -0.25) is 0 Å². The van der Waals surface area contributed by atoms with Crippen molar-refractivity contribution < 1.29 is 4.74 Å². The molecule has 0 aromatic heterocycles. The molecule has 1 saturated carbocycles. The molecular weight excluding hydrogens is 585 g/mol. The molecule has 6 aliphatic rings. The highest BCUT2D eigenvalue weighted by atomic mass is 16.5. The van der Waals surface area contributed by atoms with Gasteiger partial charge in [0, 0.05) is 23.5 Å². The zero-order valence-electron chi connectivity index (χ0n) is 29.5. The predicted molar refractivity (Wildman–Crippen MR) is 200 cm³/mol. The number of nitrogens with zero attached hydrogens (tertiary/aromatic N) is 2. The van der Waals surface area contributed by atoms with Crippen LogP contribution >= 0.6 is 0 Å². The first-order chi connectivity index (χ1) is 23.3. The molecule has 6 atom stereocenters. The summed E-state index contributed by atoms with van der Waals surface area (Å²) in [5, 5.41) is 0. The fourth-order valence-corrected chi connectivity index (χ4v) is 10.5. The number of anilines is 3. The topological polar surface area (TPSA) is 15.7 Å². The molecule has 0 radical (unpaired) electrons. The summed E-state index contributed by atoms with van der Waals surface area (Å²) in [4.78, 5) is 5.49. The maximum atomic E-state index is 7.32. The molecule has 0 spiro atoms. The van der Waals surface area contributed by atoms with Crippen LogP contribution in [0.25, 0.3) is 11.1 Å². The molecule has 48 heavy (non-hydrogen) atoms. The summed E-state index contributed by atoms with van der Waals surface area (Å²) >= 11 is 0. The van der Waals surface area contributed by atoms with E-state index in [-0.39, 0.29) is 23.6 Å². The van der Waals surface area contributed by atoms with Gasteiger partial charge in [-0.05, 0) is 89.5 Å². The fraction of sp³-hybridized carbons (Fsp3) is 0.467. The first kappa shape index (κ1) is 30.3. The normalized spacial score (nSPS) is 30.4. The Morgan fingerprint density at radius 1 is 0.792 bits per heavy atom. The van der Waals surface area contributed by atoms with Crippen LogP contribution in [0, 0.1) is 29.1 Å². The Hall–Kier alpha value is -3.72.